The van der Waals surface area contributed by atoms with Crippen LogP contribution in [0.3, 0.4) is 0 Å². The van der Waals surface area contributed by atoms with Crippen LogP contribution in [0.2, 0.25) is 0 Å². The number of fused-ring (bicyclic) bond motifs is 2. The SMILES string of the molecule is Cc1ccc(C=C2c3ccccc3CCc3ccccc32)c(S(=O)(=O)Cl)c1. The van der Waals surface area contributed by atoms with Crippen LogP contribution in [0, 0.1) is 6.92 Å². The van der Waals surface area contributed by atoms with Gasteiger partial charge >= 0.3 is 0 Å². The fourth-order valence-corrected chi connectivity index (χ4v) is 4.84. The minimum absolute atomic E-state index is 0.149. The Balaban J connectivity index is 2.02. The van der Waals surface area contributed by atoms with Crippen LogP contribution in [0.4, 0.5) is 0 Å². The second kappa shape index (κ2) is 6.99. The smallest absolute Gasteiger partial charge is 0.207 e. The van der Waals surface area contributed by atoms with E-state index in [1.165, 1.54) is 11.1 Å². The number of hydrogen-bond donors (Lipinski definition) is 0. The lowest BCUT2D eigenvalue weighted by Crippen LogP contribution is -1.97. The van der Waals surface area contributed by atoms with Crippen molar-refractivity contribution in [3.8, 4) is 0 Å². The first-order valence-electron chi connectivity index (χ1n) is 8.87. The Bertz CT molecular complexity index is 1110. The topological polar surface area (TPSA) is 34.1 Å². The van der Waals surface area contributed by atoms with Gasteiger partial charge < -0.3 is 0 Å². The molecule has 0 N–H and O–H groups in total. The van der Waals surface area contributed by atoms with Gasteiger partial charge in [-0.1, -0.05) is 60.7 Å². The van der Waals surface area contributed by atoms with Gasteiger partial charge in [0.15, 0.2) is 0 Å². The van der Waals surface area contributed by atoms with Gasteiger partial charge in [0.2, 0.25) is 0 Å². The van der Waals surface area contributed by atoms with Crippen molar-refractivity contribution in [2.75, 3.05) is 0 Å². The summed E-state index contributed by atoms with van der Waals surface area (Å²) in [7, 11) is 1.89. The van der Waals surface area contributed by atoms with E-state index in [1.807, 2.05) is 49.4 Å². The van der Waals surface area contributed by atoms with Crippen molar-refractivity contribution in [1.29, 1.82) is 0 Å². The van der Waals surface area contributed by atoms with E-state index in [-0.39, 0.29) is 4.90 Å². The maximum atomic E-state index is 12.1. The zero-order chi connectivity index (χ0) is 19.0. The molecule has 4 rings (SSSR count). The summed E-state index contributed by atoms with van der Waals surface area (Å²) in [5, 5.41) is 0. The molecule has 2 nitrogen and oxygen atoms in total. The average Bonchev–Trinajstić information content (AvgIpc) is 2.80. The van der Waals surface area contributed by atoms with E-state index < -0.39 is 9.05 Å². The summed E-state index contributed by atoms with van der Waals surface area (Å²) in [5.41, 5.74) is 7.31. The molecule has 0 amide bonds. The number of benzene rings is 3. The van der Waals surface area contributed by atoms with E-state index >= 15 is 0 Å². The molecule has 136 valence electrons. The maximum Gasteiger partial charge on any atom is 0.261 e. The van der Waals surface area contributed by atoms with Gasteiger partial charge in [-0.3, -0.25) is 0 Å². The molecule has 0 unspecified atom stereocenters. The minimum atomic E-state index is -3.84. The Hall–Kier alpha value is -2.36. The molecule has 3 aromatic carbocycles. The van der Waals surface area contributed by atoms with Gasteiger partial charge in [0.25, 0.3) is 9.05 Å². The number of halogens is 1. The zero-order valence-electron chi connectivity index (χ0n) is 14.9. The van der Waals surface area contributed by atoms with Crippen molar-refractivity contribution in [1.82, 2.24) is 0 Å². The normalized spacial score (nSPS) is 13.5. The molecule has 0 aliphatic heterocycles. The van der Waals surface area contributed by atoms with Crippen molar-refractivity contribution in [2.45, 2.75) is 24.7 Å². The van der Waals surface area contributed by atoms with Crippen molar-refractivity contribution in [3.05, 3.63) is 100 Å². The molecule has 0 saturated carbocycles. The summed E-state index contributed by atoms with van der Waals surface area (Å²) in [4.78, 5) is 0.149. The van der Waals surface area contributed by atoms with E-state index in [9.17, 15) is 8.42 Å². The van der Waals surface area contributed by atoms with Gasteiger partial charge in [-0.15, -0.1) is 0 Å². The van der Waals surface area contributed by atoms with Crippen LogP contribution in [0.15, 0.2) is 71.6 Å². The molecule has 1 aliphatic rings. The van der Waals surface area contributed by atoms with Gasteiger partial charge in [-0.25, -0.2) is 8.42 Å². The van der Waals surface area contributed by atoms with Crippen LogP contribution in [0.1, 0.15) is 33.4 Å². The quantitative estimate of drug-likeness (QED) is 0.529. The highest BCUT2D eigenvalue weighted by atomic mass is 35.7. The fourth-order valence-electron chi connectivity index (χ4n) is 3.70. The average molecular weight is 395 g/mol. The van der Waals surface area contributed by atoms with Crippen LogP contribution in [0.25, 0.3) is 11.6 Å². The molecule has 0 bridgehead atoms. The monoisotopic (exact) mass is 394 g/mol. The first kappa shape index (κ1) is 18.0. The largest absolute Gasteiger partial charge is 0.261 e. The molecule has 27 heavy (non-hydrogen) atoms. The third-order valence-corrected chi connectivity index (χ3v) is 6.39. The van der Waals surface area contributed by atoms with Gasteiger partial charge in [-0.2, -0.15) is 0 Å². The summed E-state index contributed by atoms with van der Waals surface area (Å²) >= 11 is 0. The van der Waals surface area contributed by atoms with Crippen LogP contribution in [-0.4, -0.2) is 8.42 Å². The van der Waals surface area contributed by atoms with Gasteiger partial charge in [0.1, 0.15) is 0 Å². The summed E-state index contributed by atoms with van der Waals surface area (Å²) in [6, 6.07) is 22.0. The second-order valence-electron chi connectivity index (χ2n) is 6.85. The third kappa shape index (κ3) is 3.58. The molecule has 0 aromatic heterocycles. The lowest BCUT2D eigenvalue weighted by molar-refractivity contribution is 0.609. The standard InChI is InChI=1S/C23H19ClO2S/c1-16-10-11-19(23(14-16)27(24,25)26)15-22-20-8-4-2-6-17(20)12-13-18-7-3-5-9-21(18)22/h2-11,14-15H,12-13H2,1H3. The molecular weight excluding hydrogens is 376 g/mol. The van der Waals surface area contributed by atoms with Crippen LogP contribution >= 0.6 is 10.7 Å². The fraction of sp³-hybridized carbons (Fsp3) is 0.130. The Morgan fingerprint density at radius 1 is 0.852 bits per heavy atom. The summed E-state index contributed by atoms with van der Waals surface area (Å²) in [6.07, 6.45) is 3.87. The third-order valence-electron chi connectivity index (χ3n) is 5.01. The van der Waals surface area contributed by atoms with Crippen molar-refractivity contribution < 1.29 is 8.42 Å². The predicted molar refractivity (Wildman–Crippen MR) is 111 cm³/mol. The lowest BCUT2D eigenvalue weighted by atomic mass is 9.92. The number of hydrogen-bond acceptors (Lipinski definition) is 2. The van der Waals surface area contributed by atoms with Gasteiger partial charge in [0.05, 0.1) is 4.90 Å². The molecule has 0 fully saturated rings. The van der Waals surface area contributed by atoms with E-state index in [2.05, 4.69) is 24.3 Å². The van der Waals surface area contributed by atoms with E-state index in [4.69, 9.17) is 10.7 Å². The number of aryl methyl sites for hydroxylation is 3. The molecule has 4 heteroatoms. The molecule has 0 heterocycles. The predicted octanol–water partition coefficient (Wildman–Crippen LogP) is 5.61. The molecule has 0 radical (unpaired) electrons. The maximum absolute atomic E-state index is 12.1. The Morgan fingerprint density at radius 3 is 1.96 bits per heavy atom. The molecule has 3 aromatic rings. The first-order chi connectivity index (χ1) is 12.9. The van der Waals surface area contributed by atoms with Crippen molar-refractivity contribution >= 4 is 31.4 Å². The highest BCUT2D eigenvalue weighted by Gasteiger charge is 2.20. The highest BCUT2D eigenvalue weighted by molar-refractivity contribution is 8.13. The molecule has 0 spiro atoms. The highest BCUT2D eigenvalue weighted by Crippen LogP contribution is 2.36. The van der Waals surface area contributed by atoms with Crippen molar-refractivity contribution in [2.24, 2.45) is 0 Å². The van der Waals surface area contributed by atoms with E-state index in [1.54, 1.807) is 6.07 Å². The Morgan fingerprint density at radius 2 is 1.41 bits per heavy atom. The summed E-state index contributed by atoms with van der Waals surface area (Å²) in [5.74, 6) is 0. The molecule has 0 saturated heterocycles. The summed E-state index contributed by atoms with van der Waals surface area (Å²) in [6.45, 7) is 1.86. The van der Waals surface area contributed by atoms with E-state index in [0.717, 1.165) is 35.1 Å². The van der Waals surface area contributed by atoms with Crippen LogP contribution < -0.4 is 0 Å². The van der Waals surface area contributed by atoms with Gasteiger partial charge in [-0.05, 0) is 70.9 Å². The lowest BCUT2D eigenvalue weighted by Gasteiger charge is -2.13. The van der Waals surface area contributed by atoms with Crippen LogP contribution in [0.5, 0.6) is 0 Å². The van der Waals surface area contributed by atoms with Crippen molar-refractivity contribution in [3.63, 3.8) is 0 Å². The van der Waals surface area contributed by atoms with E-state index in [0.29, 0.717) is 5.56 Å². The zero-order valence-corrected chi connectivity index (χ0v) is 16.5. The second-order valence-corrected chi connectivity index (χ2v) is 9.39. The molecule has 0 atom stereocenters. The minimum Gasteiger partial charge on any atom is -0.207 e. The Kier molecular flexibility index (Phi) is 4.67. The first-order valence-corrected chi connectivity index (χ1v) is 11.2. The molecular formula is C23H19ClO2S. The Labute approximate surface area is 164 Å². The molecule has 1 aliphatic carbocycles. The summed E-state index contributed by atoms with van der Waals surface area (Å²) < 4.78 is 24.3. The van der Waals surface area contributed by atoms with Crippen LogP contribution in [-0.2, 0) is 21.9 Å². The van der Waals surface area contributed by atoms with Gasteiger partial charge in [0, 0.05) is 10.7 Å². The number of rotatable bonds is 2.